The van der Waals surface area contributed by atoms with Gasteiger partial charge in [-0.25, -0.2) is 9.59 Å². The molecule has 21 heavy (non-hydrogen) atoms. The van der Waals surface area contributed by atoms with Crippen molar-refractivity contribution >= 4 is 12.0 Å². The lowest BCUT2D eigenvalue weighted by Crippen LogP contribution is -2.46. The number of nitrogens with zero attached hydrogens (tertiary/aromatic N) is 2. The summed E-state index contributed by atoms with van der Waals surface area (Å²) in [5, 5.41) is 11.9. The van der Waals surface area contributed by atoms with Crippen LogP contribution in [0.25, 0.3) is 0 Å². The number of rotatable bonds is 4. The number of aliphatic carboxylic acids is 1. The molecule has 7 nitrogen and oxygen atoms in total. The third-order valence-corrected chi connectivity index (χ3v) is 3.56. The monoisotopic (exact) mass is 293 g/mol. The van der Waals surface area contributed by atoms with Gasteiger partial charge in [0.1, 0.15) is 6.04 Å². The van der Waals surface area contributed by atoms with E-state index in [1.807, 2.05) is 19.1 Å². The molecule has 0 radical (unpaired) electrons. The molecule has 0 aromatic carbocycles. The van der Waals surface area contributed by atoms with Crippen molar-refractivity contribution in [2.24, 2.45) is 0 Å². The number of nitrogens with one attached hydrogen (secondary N) is 1. The van der Waals surface area contributed by atoms with Crippen LogP contribution in [0.4, 0.5) is 4.79 Å². The summed E-state index contributed by atoms with van der Waals surface area (Å²) in [5.74, 6) is -1.01. The predicted molar refractivity (Wildman–Crippen MR) is 74.8 cm³/mol. The lowest BCUT2D eigenvalue weighted by Gasteiger charge is -2.21. The van der Waals surface area contributed by atoms with Crippen LogP contribution < -0.4 is 5.32 Å². The van der Waals surface area contributed by atoms with E-state index in [1.165, 1.54) is 12.0 Å². The lowest BCUT2D eigenvalue weighted by atomic mass is 10.2. The van der Waals surface area contributed by atoms with Crippen LogP contribution in [-0.4, -0.2) is 52.8 Å². The van der Waals surface area contributed by atoms with Crippen LogP contribution in [0.5, 0.6) is 0 Å². The maximum absolute atomic E-state index is 12.1. The maximum atomic E-state index is 12.1. The van der Waals surface area contributed by atoms with Gasteiger partial charge >= 0.3 is 12.0 Å². The van der Waals surface area contributed by atoms with Crippen molar-refractivity contribution in [3.05, 3.63) is 29.6 Å². The van der Waals surface area contributed by atoms with Crippen LogP contribution in [0.1, 0.15) is 17.7 Å². The molecule has 2 amide bonds. The molecule has 0 spiro atoms. The minimum absolute atomic E-state index is 0.238. The highest BCUT2D eigenvalue weighted by Crippen LogP contribution is 2.20. The molecule has 1 saturated heterocycles. The van der Waals surface area contributed by atoms with E-state index in [0.29, 0.717) is 13.0 Å². The number of urea groups is 1. The van der Waals surface area contributed by atoms with Crippen molar-refractivity contribution in [2.45, 2.75) is 32.0 Å². The number of likely N-dealkylation sites (tertiary alicyclic amines) is 1. The Morgan fingerprint density at radius 3 is 2.86 bits per heavy atom. The van der Waals surface area contributed by atoms with Crippen LogP contribution in [0, 0.1) is 6.92 Å². The molecule has 0 bridgehead atoms. The predicted octanol–water partition coefficient (Wildman–Crippen LogP) is 0.774. The van der Waals surface area contributed by atoms with E-state index in [9.17, 15) is 14.7 Å². The second kappa shape index (κ2) is 6.53. The molecule has 1 aromatic heterocycles. The zero-order valence-corrected chi connectivity index (χ0v) is 12.1. The zero-order valence-electron chi connectivity index (χ0n) is 12.1. The summed E-state index contributed by atoms with van der Waals surface area (Å²) in [6, 6.07) is 2.49. The molecule has 2 unspecified atom stereocenters. The van der Waals surface area contributed by atoms with Gasteiger partial charge in [-0.05, 0) is 18.6 Å². The van der Waals surface area contributed by atoms with E-state index in [-0.39, 0.29) is 12.6 Å². The number of aromatic nitrogens is 1. The van der Waals surface area contributed by atoms with Crippen LogP contribution in [0.15, 0.2) is 18.3 Å². The lowest BCUT2D eigenvalue weighted by molar-refractivity contribution is -0.141. The Hall–Kier alpha value is -2.15. The number of ether oxygens (including phenoxy) is 1. The molecule has 1 fully saturated rings. The number of carbonyl (C=O) groups is 2. The Balaban J connectivity index is 1.95. The number of carboxylic acids is 1. The average Bonchev–Trinajstić information content (AvgIpc) is 2.91. The van der Waals surface area contributed by atoms with Crippen molar-refractivity contribution < 1.29 is 19.4 Å². The molecule has 2 heterocycles. The fourth-order valence-electron chi connectivity index (χ4n) is 2.31. The summed E-state index contributed by atoms with van der Waals surface area (Å²) in [6.07, 6.45) is 1.76. The molecule has 0 saturated carbocycles. The number of amides is 2. The fourth-order valence-corrected chi connectivity index (χ4v) is 2.31. The molecule has 0 aliphatic carbocycles. The number of methoxy groups -OCH3 is 1. The number of pyridine rings is 1. The first-order valence-electron chi connectivity index (χ1n) is 6.73. The molecule has 2 N–H and O–H groups in total. The van der Waals surface area contributed by atoms with Gasteiger partial charge in [0.05, 0.1) is 6.10 Å². The minimum Gasteiger partial charge on any atom is -0.480 e. The summed E-state index contributed by atoms with van der Waals surface area (Å²) in [4.78, 5) is 28.8. The van der Waals surface area contributed by atoms with Gasteiger partial charge in [0.2, 0.25) is 0 Å². The number of hydrogen-bond acceptors (Lipinski definition) is 4. The highest BCUT2D eigenvalue weighted by Gasteiger charge is 2.39. The fraction of sp³-hybridized carbons (Fsp3) is 0.500. The number of carbonyl (C=O) groups excluding carboxylic acids is 1. The minimum atomic E-state index is -1.01. The summed E-state index contributed by atoms with van der Waals surface area (Å²) >= 11 is 0. The second-order valence-electron chi connectivity index (χ2n) is 5.07. The molecule has 2 atom stereocenters. The van der Waals surface area contributed by atoms with Crippen molar-refractivity contribution in [3.8, 4) is 0 Å². The Kier molecular flexibility index (Phi) is 4.74. The Labute approximate surface area is 122 Å². The highest BCUT2D eigenvalue weighted by atomic mass is 16.5. The van der Waals surface area contributed by atoms with Crippen molar-refractivity contribution in [2.75, 3.05) is 13.7 Å². The zero-order chi connectivity index (χ0) is 15.4. The topological polar surface area (TPSA) is 91.8 Å². The first-order valence-corrected chi connectivity index (χ1v) is 6.73. The molecule has 2 rings (SSSR count). The van der Waals surface area contributed by atoms with Gasteiger partial charge < -0.3 is 20.1 Å². The third kappa shape index (κ3) is 3.69. The van der Waals surface area contributed by atoms with Gasteiger partial charge in [-0.3, -0.25) is 4.98 Å². The third-order valence-electron chi connectivity index (χ3n) is 3.56. The summed E-state index contributed by atoms with van der Waals surface area (Å²) < 4.78 is 5.15. The molecule has 114 valence electrons. The molecule has 1 aromatic rings. The molecule has 1 aliphatic heterocycles. The molecule has 1 aliphatic rings. The van der Waals surface area contributed by atoms with Crippen LogP contribution in [-0.2, 0) is 16.1 Å². The molecular weight excluding hydrogens is 274 g/mol. The van der Waals surface area contributed by atoms with E-state index < -0.39 is 18.0 Å². The largest absolute Gasteiger partial charge is 0.480 e. The average molecular weight is 293 g/mol. The normalized spacial score (nSPS) is 21.3. The molecule has 7 heteroatoms. The van der Waals surface area contributed by atoms with Gasteiger partial charge in [0.25, 0.3) is 0 Å². The first kappa shape index (κ1) is 15.2. The van der Waals surface area contributed by atoms with Crippen molar-refractivity contribution in [1.29, 1.82) is 0 Å². The summed E-state index contributed by atoms with van der Waals surface area (Å²) in [6.45, 7) is 2.48. The van der Waals surface area contributed by atoms with E-state index in [0.717, 1.165) is 11.3 Å². The van der Waals surface area contributed by atoms with E-state index in [1.54, 1.807) is 6.20 Å². The SMILES string of the molecule is COC1CC(C(=O)O)N(C(=O)NCc2ccc(C)nc2)C1. The number of hydrogen-bond donors (Lipinski definition) is 2. The van der Waals surface area contributed by atoms with E-state index in [2.05, 4.69) is 10.3 Å². The van der Waals surface area contributed by atoms with Gasteiger partial charge in [-0.15, -0.1) is 0 Å². The molecular formula is C14H19N3O4. The van der Waals surface area contributed by atoms with Gasteiger partial charge in [0, 0.05) is 38.5 Å². The van der Waals surface area contributed by atoms with Gasteiger partial charge in [-0.2, -0.15) is 0 Å². The Bertz CT molecular complexity index is 517. The highest BCUT2D eigenvalue weighted by molar-refractivity contribution is 5.83. The van der Waals surface area contributed by atoms with E-state index >= 15 is 0 Å². The summed E-state index contributed by atoms with van der Waals surface area (Å²) in [5.41, 5.74) is 1.77. The second-order valence-corrected chi connectivity index (χ2v) is 5.07. The standard InChI is InChI=1S/C14H19N3O4/c1-9-3-4-10(6-15-9)7-16-14(20)17-8-11(21-2)5-12(17)13(18)19/h3-4,6,11-12H,5,7-8H2,1-2H3,(H,16,20)(H,18,19). The smallest absolute Gasteiger partial charge is 0.326 e. The van der Waals surface area contributed by atoms with E-state index in [4.69, 9.17) is 4.74 Å². The Morgan fingerprint density at radius 2 is 2.29 bits per heavy atom. The van der Waals surface area contributed by atoms with Crippen LogP contribution in [0.2, 0.25) is 0 Å². The van der Waals surface area contributed by atoms with Gasteiger partial charge in [-0.1, -0.05) is 6.07 Å². The van der Waals surface area contributed by atoms with Crippen molar-refractivity contribution in [3.63, 3.8) is 0 Å². The van der Waals surface area contributed by atoms with Crippen LogP contribution in [0.3, 0.4) is 0 Å². The Morgan fingerprint density at radius 1 is 1.52 bits per heavy atom. The first-order chi connectivity index (χ1) is 10.0. The number of carboxylic acid groups (broad SMARTS) is 1. The quantitative estimate of drug-likeness (QED) is 0.855. The van der Waals surface area contributed by atoms with Gasteiger partial charge in [0.15, 0.2) is 0 Å². The van der Waals surface area contributed by atoms with Crippen molar-refractivity contribution in [1.82, 2.24) is 15.2 Å². The summed E-state index contributed by atoms with van der Waals surface area (Å²) in [7, 11) is 1.52. The number of aryl methyl sites for hydroxylation is 1. The van der Waals surface area contributed by atoms with Crippen LogP contribution >= 0.6 is 0 Å². The maximum Gasteiger partial charge on any atom is 0.326 e.